The van der Waals surface area contributed by atoms with E-state index >= 15 is 0 Å². The number of pyridine rings is 1. The van der Waals surface area contributed by atoms with E-state index in [9.17, 15) is 22.7 Å². The molecule has 4 aromatic rings. The van der Waals surface area contributed by atoms with Crippen molar-refractivity contribution >= 4 is 22.6 Å². The third-order valence-electron chi connectivity index (χ3n) is 5.72. The van der Waals surface area contributed by atoms with E-state index in [2.05, 4.69) is 15.1 Å². The molecule has 0 amide bonds. The zero-order valence-corrected chi connectivity index (χ0v) is 19.3. The monoisotopic (exact) mass is 512 g/mol. The van der Waals surface area contributed by atoms with Crippen molar-refractivity contribution < 1.29 is 32.5 Å². The number of alkyl halides is 3. The van der Waals surface area contributed by atoms with Gasteiger partial charge in [-0.2, -0.15) is 18.3 Å². The smallest absolute Gasteiger partial charge is 0.435 e. The van der Waals surface area contributed by atoms with Crippen molar-refractivity contribution in [3.8, 4) is 16.9 Å². The lowest BCUT2D eigenvalue weighted by molar-refractivity contribution is -0.141. The SMILES string of the molecule is COc1ccc(F)c(Cl)c1[C@@H](C)c1c[nH]c2ncc(-c3cn(C[C@@H](O)CO)nc3C(F)(F)F)cc12. The molecule has 1 aromatic carbocycles. The van der Waals surface area contributed by atoms with Crippen LogP contribution in [0.25, 0.3) is 22.2 Å². The molecule has 0 radical (unpaired) electrons. The number of fused-ring (bicyclic) bond motifs is 1. The van der Waals surface area contributed by atoms with Crippen molar-refractivity contribution in [2.24, 2.45) is 0 Å². The number of H-pyrrole nitrogens is 1. The predicted octanol–water partition coefficient (Wildman–Crippen LogP) is 4.75. The van der Waals surface area contributed by atoms with E-state index < -0.39 is 36.3 Å². The topological polar surface area (TPSA) is 96.2 Å². The minimum absolute atomic E-state index is 0.113. The molecule has 0 fully saturated rings. The molecule has 3 N–H and O–H groups in total. The highest BCUT2D eigenvalue weighted by molar-refractivity contribution is 6.31. The van der Waals surface area contributed by atoms with Gasteiger partial charge >= 0.3 is 6.18 Å². The lowest BCUT2D eigenvalue weighted by Gasteiger charge is -2.17. The average Bonchev–Trinajstić information content (AvgIpc) is 3.44. The summed E-state index contributed by atoms with van der Waals surface area (Å²) in [7, 11) is 1.43. The highest BCUT2D eigenvalue weighted by atomic mass is 35.5. The highest BCUT2D eigenvalue weighted by Crippen LogP contribution is 2.42. The molecule has 0 saturated heterocycles. The number of halogens is 5. The molecule has 0 saturated carbocycles. The number of rotatable bonds is 7. The Morgan fingerprint density at radius 3 is 2.69 bits per heavy atom. The van der Waals surface area contributed by atoms with E-state index in [1.807, 2.05) is 0 Å². The molecule has 0 aliphatic rings. The fraction of sp³-hybridized carbons (Fsp3) is 0.304. The molecular formula is C23H21ClF4N4O3. The summed E-state index contributed by atoms with van der Waals surface area (Å²) in [5.41, 5.74) is 0.180. The number of aliphatic hydroxyl groups excluding tert-OH is 2. The number of aromatic amines is 1. The van der Waals surface area contributed by atoms with Crippen molar-refractivity contribution in [1.82, 2.24) is 19.7 Å². The maximum Gasteiger partial charge on any atom is 0.435 e. The molecule has 2 atom stereocenters. The minimum Gasteiger partial charge on any atom is -0.496 e. The zero-order chi connectivity index (χ0) is 25.5. The van der Waals surface area contributed by atoms with E-state index in [1.165, 1.54) is 31.5 Å². The van der Waals surface area contributed by atoms with Gasteiger partial charge < -0.3 is 19.9 Å². The molecule has 0 bridgehead atoms. The summed E-state index contributed by atoms with van der Waals surface area (Å²) in [5.74, 6) is -0.755. The van der Waals surface area contributed by atoms with Gasteiger partial charge in [0.25, 0.3) is 0 Å². The Morgan fingerprint density at radius 2 is 2.03 bits per heavy atom. The van der Waals surface area contributed by atoms with E-state index in [1.54, 1.807) is 13.1 Å². The summed E-state index contributed by atoms with van der Waals surface area (Å²) in [6.45, 7) is 0.828. The maximum atomic E-state index is 14.2. The number of hydrogen-bond donors (Lipinski definition) is 3. The highest BCUT2D eigenvalue weighted by Gasteiger charge is 2.38. The molecule has 35 heavy (non-hydrogen) atoms. The summed E-state index contributed by atoms with van der Waals surface area (Å²) in [4.78, 5) is 7.24. The van der Waals surface area contributed by atoms with Gasteiger partial charge in [0.1, 0.15) is 17.2 Å². The average molecular weight is 513 g/mol. The summed E-state index contributed by atoms with van der Waals surface area (Å²) in [5, 5.41) is 22.6. The first-order chi connectivity index (χ1) is 16.5. The standard InChI is InChI=1S/C23H21ClF4N4O3/c1-11(19-18(35-2)4-3-17(25)20(19)24)15-7-30-22-14(15)5-12(6-29-22)16-9-32(8-13(34)10-33)31-21(16)23(26,27)28/h3-7,9,11,13,33-34H,8,10H2,1-2H3,(H,29,30)/t11-,13+/m0/s1. The van der Waals surface area contributed by atoms with Crippen molar-refractivity contribution in [2.75, 3.05) is 13.7 Å². The molecule has 0 spiro atoms. The number of ether oxygens (including phenoxy) is 1. The number of nitrogens with zero attached hydrogens (tertiary/aromatic N) is 3. The number of aliphatic hydroxyl groups is 2. The molecule has 0 aliphatic heterocycles. The molecule has 186 valence electrons. The molecule has 0 unspecified atom stereocenters. The van der Waals surface area contributed by atoms with Crippen LogP contribution in [0, 0.1) is 5.82 Å². The van der Waals surface area contributed by atoms with Crippen LogP contribution in [0.2, 0.25) is 5.02 Å². The lowest BCUT2D eigenvalue weighted by Crippen LogP contribution is -2.20. The van der Waals surface area contributed by atoms with Crippen molar-refractivity contribution in [3.05, 3.63) is 64.5 Å². The second-order valence-electron chi connectivity index (χ2n) is 8.01. The number of methoxy groups -OCH3 is 1. The normalized spacial score (nSPS) is 13.9. The Labute approximate surface area is 201 Å². The quantitative estimate of drug-likeness (QED) is 0.311. The second kappa shape index (κ2) is 9.48. The van der Waals surface area contributed by atoms with Crippen molar-refractivity contribution in [2.45, 2.75) is 31.7 Å². The third kappa shape index (κ3) is 4.71. The Morgan fingerprint density at radius 1 is 1.29 bits per heavy atom. The summed E-state index contributed by atoms with van der Waals surface area (Å²) >= 11 is 6.24. The minimum atomic E-state index is -4.77. The maximum absolute atomic E-state index is 14.2. The number of aromatic nitrogens is 4. The van der Waals surface area contributed by atoms with E-state index in [4.69, 9.17) is 21.4 Å². The second-order valence-corrected chi connectivity index (χ2v) is 8.39. The summed E-state index contributed by atoms with van der Waals surface area (Å²) in [6.07, 6.45) is -1.98. The van der Waals surface area contributed by atoms with Gasteiger partial charge in [0.15, 0.2) is 5.69 Å². The van der Waals surface area contributed by atoms with Crippen LogP contribution in [0.3, 0.4) is 0 Å². The van der Waals surface area contributed by atoms with Crippen LogP contribution in [0.15, 0.2) is 36.8 Å². The molecule has 12 heteroatoms. The van der Waals surface area contributed by atoms with Gasteiger partial charge in [-0.15, -0.1) is 0 Å². The zero-order valence-electron chi connectivity index (χ0n) is 18.6. The third-order valence-corrected chi connectivity index (χ3v) is 6.11. The van der Waals surface area contributed by atoms with Crippen LogP contribution >= 0.6 is 11.6 Å². The van der Waals surface area contributed by atoms with E-state index in [0.717, 1.165) is 10.9 Å². The first-order valence-electron chi connectivity index (χ1n) is 10.5. The van der Waals surface area contributed by atoms with E-state index in [-0.39, 0.29) is 22.7 Å². The van der Waals surface area contributed by atoms with Gasteiger partial charge in [-0.3, -0.25) is 4.68 Å². The van der Waals surface area contributed by atoms with Crippen LogP contribution in [0.5, 0.6) is 5.75 Å². The Bertz CT molecular complexity index is 1370. The van der Waals surface area contributed by atoms with Gasteiger partial charge in [-0.1, -0.05) is 18.5 Å². The van der Waals surface area contributed by atoms with Gasteiger partial charge in [-0.05, 0) is 23.8 Å². The Hall–Kier alpha value is -3.15. The first-order valence-corrected chi connectivity index (χ1v) is 10.9. The van der Waals surface area contributed by atoms with Crippen molar-refractivity contribution in [1.29, 1.82) is 0 Å². The fourth-order valence-corrected chi connectivity index (χ4v) is 4.34. The Kier molecular flexibility index (Phi) is 6.76. The van der Waals surface area contributed by atoms with E-state index in [0.29, 0.717) is 27.9 Å². The number of hydrogen-bond acceptors (Lipinski definition) is 5. The van der Waals surface area contributed by atoms with Crippen molar-refractivity contribution in [3.63, 3.8) is 0 Å². The van der Waals surface area contributed by atoms with Crippen LogP contribution in [0.1, 0.15) is 29.7 Å². The molecular weight excluding hydrogens is 492 g/mol. The lowest BCUT2D eigenvalue weighted by atomic mass is 9.91. The van der Waals surface area contributed by atoms with Gasteiger partial charge in [-0.25, -0.2) is 9.37 Å². The Balaban J connectivity index is 1.84. The summed E-state index contributed by atoms with van der Waals surface area (Å²) in [6, 6.07) is 4.18. The molecule has 4 rings (SSSR count). The van der Waals surface area contributed by atoms with Gasteiger partial charge in [0.2, 0.25) is 0 Å². The van der Waals surface area contributed by atoms with Crippen LogP contribution in [-0.4, -0.2) is 49.8 Å². The molecule has 7 nitrogen and oxygen atoms in total. The van der Waals surface area contributed by atoms with Gasteiger partial charge in [0, 0.05) is 46.6 Å². The van der Waals surface area contributed by atoms with Crippen LogP contribution < -0.4 is 4.74 Å². The largest absolute Gasteiger partial charge is 0.496 e. The van der Waals surface area contributed by atoms with Gasteiger partial charge in [0.05, 0.1) is 31.4 Å². The molecule has 3 aromatic heterocycles. The molecule has 3 heterocycles. The predicted molar refractivity (Wildman–Crippen MR) is 121 cm³/mol. The van der Waals surface area contributed by atoms with Crippen LogP contribution in [-0.2, 0) is 12.7 Å². The first kappa shape index (κ1) is 25.0. The number of benzene rings is 1. The summed E-state index contributed by atoms with van der Waals surface area (Å²) < 4.78 is 61.7. The molecule has 0 aliphatic carbocycles. The van der Waals surface area contributed by atoms with Crippen LogP contribution in [0.4, 0.5) is 17.6 Å². The number of nitrogens with one attached hydrogen (secondary N) is 1. The fourth-order valence-electron chi connectivity index (χ4n) is 4.02.